The molecular formula is C21H24N2O4. The number of carbonyl (C=O) groups is 1. The first-order chi connectivity index (χ1) is 13.1. The molecule has 142 valence electrons. The summed E-state index contributed by atoms with van der Waals surface area (Å²) in [6, 6.07) is 12.9. The molecule has 6 heteroatoms. The van der Waals surface area contributed by atoms with E-state index in [1.807, 2.05) is 31.2 Å². The lowest BCUT2D eigenvalue weighted by Gasteiger charge is -2.19. The van der Waals surface area contributed by atoms with E-state index in [1.165, 1.54) is 0 Å². The van der Waals surface area contributed by atoms with E-state index < -0.39 is 0 Å². The molecule has 3 aromatic rings. The van der Waals surface area contributed by atoms with E-state index in [9.17, 15) is 4.79 Å². The Balaban J connectivity index is 1.77. The molecule has 0 aliphatic carbocycles. The molecule has 3 rings (SSSR count). The maximum absolute atomic E-state index is 12.6. The molecule has 0 aliphatic heterocycles. The predicted molar refractivity (Wildman–Crippen MR) is 106 cm³/mol. The van der Waals surface area contributed by atoms with Gasteiger partial charge < -0.3 is 24.1 Å². The number of hydrogen-bond acceptors (Lipinski definition) is 4. The Morgan fingerprint density at radius 2 is 1.85 bits per heavy atom. The summed E-state index contributed by atoms with van der Waals surface area (Å²) in [5, 5.41) is 3.93. The number of hydrogen-bond donors (Lipinski definition) is 1. The maximum Gasteiger partial charge on any atom is 0.321 e. The highest BCUT2D eigenvalue weighted by atomic mass is 16.5. The minimum absolute atomic E-state index is 0.213. The number of fused-ring (bicyclic) bond motifs is 1. The van der Waals surface area contributed by atoms with Crippen molar-refractivity contribution in [1.82, 2.24) is 4.90 Å². The molecule has 0 radical (unpaired) electrons. The van der Waals surface area contributed by atoms with Crippen molar-refractivity contribution < 1.29 is 18.7 Å². The van der Waals surface area contributed by atoms with Gasteiger partial charge >= 0.3 is 6.03 Å². The molecule has 0 fully saturated rings. The number of aryl methyl sites for hydroxylation is 1. The fourth-order valence-corrected chi connectivity index (χ4v) is 3.05. The second-order valence-electron chi connectivity index (χ2n) is 6.21. The van der Waals surface area contributed by atoms with Gasteiger partial charge in [-0.3, -0.25) is 0 Å². The number of furan rings is 1. The van der Waals surface area contributed by atoms with E-state index in [0.717, 1.165) is 28.7 Å². The van der Waals surface area contributed by atoms with Crippen molar-refractivity contribution in [2.45, 2.75) is 19.9 Å². The first-order valence-electron chi connectivity index (χ1n) is 8.80. The van der Waals surface area contributed by atoms with E-state index in [4.69, 9.17) is 13.9 Å². The van der Waals surface area contributed by atoms with E-state index >= 15 is 0 Å². The quantitative estimate of drug-likeness (QED) is 0.686. The average molecular weight is 368 g/mol. The van der Waals surface area contributed by atoms with Gasteiger partial charge in [0.15, 0.2) is 11.5 Å². The number of rotatable bonds is 6. The fraction of sp³-hybridized carbons (Fsp3) is 0.286. The van der Waals surface area contributed by atoms with Gasteiger partial charge in [0.2, 0.25) is 0 Å². The van der Waals surface area contributed by atoms with Crippen LogP contribution < -0.4 is 14.8 Å². The number of ether oxygens (including phenoxy) is 2. The van der Waals surface area contributed by atoms with E-state index in [1.54, 1.807) is 44.4 Å². The lowest BCUT2D eigenvalue weighted by atomic mass is 10.1. The SMILES string of the molecule is CCc1oc2ccccc2c1CN(C)C(=O)Nc1ccc(OC)c(OC)c1. The smallest absolute Gasteiger partial charge is 0.321 e. The predicted octanol–water partition coefficient (Wildman–Crippen LogP) is 4.68. The molecule has 1 heterocycles. The van der Waals surface area contributed by atoms with Gasteiger partial charge in [-0.25, -0.2) is 4.79 Å². The van der Waals surface area contributed by atoms with Crippen molar-refractivity contribution in [2.75, 3.05) is 26.6 Å². The first-order valence-corrected chi connectivity index (χ1v) is 8.80. The van der Waals surface area contributed by atoms with Crippen molar-refractivity contribution >= 4 is 22.7 Å². The lowest BCUT2D eigenvalue weighted by molar-refractivity contribution is 0.220. The highest BCUT2D eigenvalue weighted by Gasteiger charge is 2.17. The molecule has 0 aliphatic rings. The summed E-state index contributed by atoms with van der Waals surface area (Å²) in [4.78, 5) is 14.3. The zero-order chi connectivity index (χ0) is 19.4. The molecule has 27 heavy (non-hydrogen) atoms. The van der Waals surface area contributed by atoms with Crippen molar-refractivity contribution in [1.29, 1.82) is 0 Å². The van der Waals surface area contributed by atoms with Crippen LogP contribution in [0.15, 0.2) is 46.9 Å². The molecule has 2 amide bonds. The number of anilines is 1. The number of nitrogens with zero attached hydrogens (tertiary/aromatic N) is 1. The summed E-state index contributed by atoms with van der Waals surface area (Å²) in [5.41, 5.74) is 2.52. The summed E-state index contributed by atoms with van der Waals surface area (Å²) in [6.07, 6.45) is 0.773. The molecule has 0 unspecified atom stereocenters. The number of amides is 2. The molecule has 6 nitrogen and oxygen atoms in total. The van der Waals surface area contributed by atoms with Gasteiger partial charge in [-0.2, -0.15) is 0 Å². The van der Waals surface area contributed by atoms with Crippen LogP contribution in [-0.2, 0) is 13.0 Å². The normalized spacial score (nSPS) is 10.7. The standard InChI is InChI=1S/C21H24N2O4/c1-5-17-16(15-8-6-7-9-18(15)27-17)13-23(2)21(24)22-14-10-11-19(25-3)20(12-14)26-4/h6-12H,5,13H2,1-4H3,(H,22,24). The molecule has 1 aromatic heterocycles. The molecule has 2 aromatic carbocycles. The van der Waals surface area contributed by atoms with Crippen LogP contribution in [0.1, 0.15) is 18.2 Å². The summed E-state index contributed by atoms with van der Waals surface area (Å²) in [7, 11) is 4.90. The van der Waals surface area contributed by atoms with Gasteiger partial charge in [-0.1, -0.05) is 25.1 Å². The minimum Gasteiger partial charge on any atom is -0.493 e. The van der Waals surface area contributed by atoms with Crippen LogP contribution in [0, 0.1) is 0 Å². The number of methoxy groups -OCH3 is 2. The Morgan fingerprint density at radius 3 is 2.56 bits per heavy atom. The number of para-hydroxylation sites is 1. The Kier molecular flexibility index (Phi) is 5.54. The van der Waals surface area contributed by atoms with Crippen molar-refractivity contribution in [3.8, 4) is 11.5 Å². The van der Waals surface area contributed by atoms with E-state index in [-0.39, 0.29) is 6.03 Å². The lowest BCUT2D eigenvalue weighted by Crippen LogP contribution is -2.31. The zero-order valence-corrected chi connectivity index (χ0v) is 16.0. The number of nitrogens with one attached hydrogen (secondary N) is 1. The minimum atomic E-state index is -0.213. The summed E-state index contributed by atoms with van der Waals surface area (Å²) in [5.74, 6) is 2.08. The van der Waals surface area contributed by atoms with Crippen LogP contribution in [-0.4, -0.2) is 32.2 Å². The zero-order valence-electron chi connectivity index (χ0n) is 16.0. The second kappa shape index (κ2) is 8.03. The average Bonchev–Trinajstić information content (AvgIpc) is 3.05. The van der Waals surface area contributed by atoms with E-state index in [0.29, 0.717) is 23.7 Å². The van der Waals surface area contributed by atoms with Crippen LogP contribution in [0.4, 0.5) is 10.5 Å². The number of carbonyl (C=O) groups excluding carboxylic acids is 1. The van der Waals surface area contributed by atoms with Crippen LogP contribution in [0.5, 0.6) is 11.5 Å². The van der Waals surface area contributed by atoms with Crippen LogP contribution in [0.3, 0.4) is 0 Å². The maximum atomic E-state index is 12.6. The highest BCUT2D eigenvalue weighted by Crippen LogP contribution is 2.30. The summed E-state index contributed by atoms with van der Waals surface area (Å²) < 4.78 is 16.4. The Morgan fingerprint density at radius 1 is 1.11 bits per heavy atom. The molecule has 1 N–H and O–H groups in total. The van der Waals surface area contributed by atoms with Crippen LogP contribution in [0.2, 0.25) is 0 Å². The van der Waals surface area contributed by atoms with Crippen molar-refractivity contribution in [2.24, 2.45) is 0 Å². The third kappa shape index (κ3) is 3.84. The second-order valence-corrected chi connectivity index (χ2v) is 6.21. The molecule has 0 saturated heterocycles. The molecule has 0 spiro atoms. The van der Waals surface area contributed by atoms with Gasteiger partial charge in [0.05, 0.1) is 20.8 Å². The van der Waals surface area contributed by atoms with E-state index in [2.05, 4.69) is 5.32 Å². The molecule has 0 saturated carbocycles. The van der Waals surface area contributed by atoms with Gasteiger partial charge in [0.1, 0.15) is 11.3 Å². The van der Waals surface area contributed by atoms with Crippen molar-refractivity contribution in [3.05, 3.63) is 53.8 Å². The Labute approximate surface area is 158 Å². The number of benzene rings is 2. The van der Waals surface area contributed by atoms with Gasteiger partial charge in [-0.15, -0.1) is 0 Å². The Hall–Kier alpha value is -3.15. The largest absolute Gasteiger partial charge is 0.493 e. The van der Waals surface area contributed by atoms with Gasteiger partial charge in [0.25, 0.3) is 0 Å². The van der Waals surface area contributed by atoms with Crippen LogP contribution in [0.25, 0.3) is 11.0 Å². The number of urea groups is 1. The third-order valence-corrected chi connectivity index (χ3v) is 4.48. The molecular weight excluding hydrogens is 344 g/mol. The molecule has 0 atom stereocenters. The Bertz CT molecular complexity index is 949. The monoisotopic (exact) mass is 368 g/mol. The van der Waals surface area contributed by atoms with Crippen molar-refractivity contribution in [3.63, 3.8) is 0 Å². The van der Waals surface area contributed by atoms with Crippen LogP contribution >= 0.6 is 0 Å². The fourth-order valence-electron chi connectivity index (χ4n) is 3.05. The first kappa shape index (κ1) is 18.6. The summed E-state index contributed by atoms with van der Waals surface area (Å²) in [6.45, 7) is 2.50. The third-order valence-electron chi connectivity index (χ3n) is 4.48. The summed E-state index contributed by atoms with van der Waals surface area (Å²) >= 11 is 0. The van der Waals surface area contributed by atoms with Gasteiger partial charge in [-0.05, 0) is 18.2 Å². The van der Waals surface area contributed by atoms with Gasteiger partial charge in [0, 0.05) is 36.2 Å². The topological polar surface area (TPSA) is 63.9 Å². The molecule has 0 bridgehead atoms. The highest BCUT2D eigenvalue weighted by molar-refractivity contribution is 5.90.